The molecule has 1 heterocycles. The molecule has 0 fully saturated rings. The fraction of sp³-hybridized carbons (Fsp3) is 0.0588. The second kappa shape index (κ2) is 12.3. The van der Waals surface area contributed by atoms with Gasteiger partial charge in [-0.1, -0.05) is 159 Å². The summed E-state index contributed by atoms with van der Waals surface area (Å²) >= 11 is 0. The Labute approximate surface area is 310 Å². The summed E-state index contributed by atoms with van der Waals surface area (Å²) in [6.07, 6.45) is 0. The number of benzene rings is 8. The number of fused-ring (bicyclic) bond motifs is 5. The van der Waals surface area contributed by atoms with E-state index < -0.39 is 0 Å². The van der Waals surface area contributed by atoms with Gasteiger partial charge in [-0.05, 0) is 102 Å². The second-order valence-electron chi connectivity index (χ2n) is 14.6. The van der Waals surface area contributed by atoms with Crippen molar-refractivity contribution >= 4 is 21.5 Å². The molecule has 0 bridgehead atoms. The molecule has 0 saturated heterocycles. The molecule has 0 N–H and O–H groups in total. The summed E-state index contributed by atoms with van der Waals surface area (Å²) in [7, 11) is 0. The fourth-order valence-corrected chi connectivity index (χ4v) is 8.30. The van der Waals surface area contributed by atoms with Crippen molar-refractivity contribution in [1.29, 1.82) is 0 Å². The summed E-state index contributed by atoms with van der Waals surface area (Å²) in [6.45, 7) is 4.73. The molecule has 0 spiro atoms. The number of aromatic nitrogens is 2. The van der Waals surface area contributed by atoms with Crippen molar-refractivity contribution in [3.63, 3.8) is 0 Å². The second-order valence-corrected chi connectivity index (χ2v) is 14.6. The van der Waals surface area contributed by atoms with Gasteiger partial charge in [0, 0.05) is 22.1 Å². The third-order valence-electron chi connectivity index (χ3n) is 11.1. The molecule has 0 unspecified atom stereocenters. The van der Waals surface area contributed by atoms with Crippen molar-refractivity contribution in [2.45, 2.75) is 19.3 Å². The third-order valence-corrected chi connectivity index (χ3v) is 11.1. The van der Waals surface area contributed by atoms with Crippen LogP contribution in [0.2, 0.25) is 0 Å². The van der Waals surface area contributed by atoms with Crippen LogP contribution in [0.4, 0.5) is 0 Å². The van der Waals surface area contributed by atoms with Crippen molar-refractivity contribution in [3.05, 3.63) is 193 Å². The van der Waals surface area contributed by atoms with Crippen LogP contribution in [0.1, 0.15) is 25.0 Å². The molecule has 0 amide bonds. The van der Waals surface area contributed by atoms with E-state index in [1.54, 1.807) is 0 Å². The molecule has 0 aliphatic heterocycles. The minimum Gasteiger partial charge on any atom is -0.228 e. The predicted molar refractivity (Wildman–Crippen MR) is 222 cm³/mol. The molecule has 0 saturated carbocycles. The van der Waals surface area contributed by atoms with E-state index in [0.29, 0.717) is 5.82 Å². The summed E-state index contributed by atoms with van der Waals surface area (Å²) in [5, 5.41) is 4.89. The summed E-state index contributed by atoms with van der Waals surface area (Å²) in [5.74, 6) is 0.715. The van der Waals surface area contributed by atoms with Crippen molar-refractivity contribution in [2.24, 2.45) is 0 Å². The van der Waals surface area contributed by atoms with Crippen LogP contribution in [0.5, 0.6) is 0 Å². The molecule has 2 heteroatoms. The zero-order valence-electron chi connectivity index (χ0n) is 29.7. The number of hydrogen-bond acceptors (Lipinski definition) is 2. The van der Waals surface area contributed by atoms with E-state index in [0.717, 1.165) is 39.0 Å². The molecule has 2 nitrogen and oxygen atoms in total. The van der Waals surface area contributed by atoms with Crippen LogP contribution in [0.15, 0.2) is 182 Å². The van der Waals surface area contributed by atoms with Gasteiger partial charge >= 0.3 is 0 Å². The van der Waals surface area contributed by atoms with Gasteiger partial charge in [-0.15, -0.1) is 0 Å². The number of rotatable bonds is 5. The quantitative estimate of drug-likeness (QED) is 0.181. The molecule has 0 radical (unpaired) electrons. The smallest absolute Gasteiger partial charge is 0.161 e. The zero-order chi connectivity index (χ0) is 35.5. The van der Waals surface area contributed by atoms with Crippen LogP contribution < -0.4 is 0 Å². The third kappa shape index (κ3) is 5.26. The van der Waals surface area contributed by atoms with Gasteiger partial charge in [0.25, 0.3) is 0 Å². The van der Waals surface area contributed by atoms with Crippen LogP contribution in [0.25, 0.3) is 88.8 Å². The first-order valence-corrected chi connectivity index (χ1v) is 18.3. The van der Waals surface area contributed by atoms with Gasteiger partial charge in [-0.25, -0.2) is 9.97 Å². The van der Waals surface area contributed by atoms with E-state index in [1.165, 1.54) is 55.1 Å². The molecule has 10 rings (SSSR count). The minimum atomic E-state index is -0.111. The minimum absolute atomic E-state index is 0.111. The summed E-state index contributed by atoms with van der Waals surface area (Å²) in [4.78, 5) is 10.5. The van der Waals surface area contributed by atoms with Gasteiger partial charge in [-0.3, -0.25) is 0 Å². The molecular formula is C51H36N2. The molecule has 9 aromatic rings. The standard InChI is InChI=1S/C51H36N2/c1-51(2)46-31-38(24-25-43(46)45-29-36-18-9-10-19-37(36)30-47(45)51)40-26-27-44(42-23-12-11-22-41(40)42)50-52-48(34-16-7-4-8-17-34)32-49(53-50)39-21-13-20-35(28-39)33-14-5-3-6-15-33/h3-32H,1-2H3. The summed E-state index contributed by atoms with van der Waals surface area (Å²) in [5.41, 5.74) is 15.0. The summed E-state index contributed by atoms with van der Waals surface area (Å²) in [6, 6.07) is 65.4. The molecular weight excluding hydrogens is 641 g/mol. The van der Waals surface area contributed by atoms with Gasteiger partial charge in [0.1, 0.15) is 0 Å². The van der Waals surface area contributed by atoms with E-state index in [2.05, 4.69) is 190 Å². The fourth-order valence-electron chi connectivity index (χ4n) is 8.30. The average Bonchev–Trinajstić information content (AvgIpc) is 3.44. The van der Waals surface area contributed by atoms with Gasteiger partial charge in [0.15, 0.2) is 5.82 Å². The van der Waals surface area contributed by atoms with Gasteiger partial charge in [0.2, 0.25) is 0 Å². The van der Waals surface area contributed by atoms with E-state index >= 15 is 0 Å². The van der Waals surface area contributed by atoms with Crippen LogP contribution in [0.3, 0.4) is 0 Å². The van der Waals surface area contributed by atoms with Crippen molar-refractivity contribution in [1.82, 2.24) is 9.97 Å². The van der Waals surface area contributed by atoms with Crippen LogP contribution in [-0.2, 0) is 5.41 Å². The average molecular weight is 677 g/mol. The molecule has 8 aromatic carbocycles. The van der Waals surface area contributed by atoms with Crippen molar-refractivity contribution in [2.75, 3.05) is 0 Å². The zero-order valence-corrected chi connectivity index (χ0v) is 29.7. The summed E-state index contributed by atoms with van der Waals surface area (Å²) < 4.78 is 0. The lowest BCUT2D eigenvalue weighted by molar-refractivity contribution is 0.661. The molecule has 0 atom stereocenters. The van der Waals surface area contributed by atoms with Crippen molar-refractivity contribution in [3.8, 4) is 67.3 Å². The highest BCUT2D eigenvalue weighted by Crippen LogP contribution is 2.51. The maximum absolute atomic E-state index is 5.29. The maximum Gasteiger partial charge on any atom is 0.161 e. The SMILES string of the molecule is CC1(C)c2cc(-c3ccc(-c4nc(-c5ccccc5)cc(-c5cccc(-c6ccccc6)c5)n4)c4ccccc34)ccc2-c2cc3ccccc3cc21. The number of hydrogen-bond donors (Lipinski definition) is 0. The topological polar surface area (TPSA) is 25.8 Å². The Hall–Kier alpha value is -6.64. The van der Waals surface area contributed by atoms with Gasteiger partial charge in [-0.2, -0.15) is 0 Å². The van der Waals surface area contributed by atoms with Gasteiger partial charge in [0.05, 0.1) is 11.4 Å². The molecule has 1 aliphatic rings. The van der Waals surface area contributed by atoms with Crippen LogP contribution in [-0.4, -0.2) is 9.97 Å². The highest BCUT2D eigenvalue weighted by molar-refractivity contribution is 6.05. The molecule has 1 aliphatic carbocycles. The van der Waals surface area contributed by atoms with E-state index in [1.807, 2.05) is 6.07 Å². The molecule has 1 aromatic heterocycles. The Morgan fingerprint density at radius 1 is 0.340 bits per heavy atom. The highest BCUT2D eigenvalue weighted by Gasteiger charge is 2.36. The van der Waals surface area contributed by atoms with E-state index in [-0.39, 0.29) is 5.41 Å². The Morgan fingerprint density at radius 3 is 1.64 bits per heavy atom. The van der Waals surface area contributed by atoms with Gasteiger partial charge < -0.3 is 0 Å². The van der Waals surface area contributed by atoms with Crippen LogP contribution >= 0.6 is 0 Å². The Kier molecular flexibility index (Phi) is 7.19. The lowest BCUT2D eigenvalue weighted by atomic mass is 9.81. The van der Waals surface area contributed by atoms with Crippen molar-refractivity contribution < 1.29 is 0 Å². The molecule has 250 valence electrons. The first-order chi connectivity index (χ1) is 26.0. The normalized spacial score (nSPS) is 12.9. The van der Waals surface area contributed by atoms with E-state index in [9.17, 15) is 0 Å². The monoisotopic (exact) mass is 676 g/mol. The largest absolute Gasteiger partial charge is 0.228 e. The highest BCUT2D eigenvalue weighted by atomic mass is 14.9. The maximum atomic E-state index is 5.29. The van der Waals surface area contributed by atoms with E-state index in [4.69, 9.17) is 9.97 Å². The Bertz CT molecular complexity index is 2850. The number of nitrogens with zero attached hydrogens (tertiary/aromatic N) is 2. The Balaban J connectivity index is 1.11. The lowest BCUT2D eigenvalue weighted by Gasteiger charge is -2.22. The predicted octanol–water partition coefficient (Wildman–Crippen LogP) is 13.4. The Morgan fingerprint density at radius 2 is 0.887 bits per heavy atom. The lowest BCUT2D eigenvalue weighted by Crippen LogP contribution is -2.15. The first-order valence-electron chi connectivity index (χ1n) is 18.3. The molecule has 53 heavy (non-hydrogen) atoms. The van der Waals surface area contributed by atoms with Crippen LogP contribution in [0, 0.1) is 0 Å². The first kappa shape index (κ1) is 31.1.